The first-order valence-electron chi connectivity index (χ1n) is 6.66. The molecule has 1 aromatic rings. The molecule has 0 aliphatic carbocycles. The molecule has 4 heteroatoms. The van der Waals surface area contributed by atoms with Crippen LogP contribution in [0.4, 0.5) is 4.79 Å². The zero-order valence-corrected chi connectivity index (χ0v) is 11.8. The van der Waals surface area contributed by atoms with Gasteiger partial charge >= 0.3 is 6.09 Å². The van der Waals surface area contributed by atoms with E-state index in [1.807, 2.05) is 0 Å². The first-order chi connectivity index (χ1) is 9.11. The number of amides is 1. The molecule has 1 amide bonds. The number of carbonyl (C=O) groups excluding carboxylic acids is 1. The average molecular weight is 263 g/mol. The number of hydrogen-bond acceptors (Lipinski definition) is 3. The van der Waals surface area contributed by atoms with Crippen LogP contribution in [0.25, 0.3) is 0 Å². The van der Waals surface area contributed by atoms with E-state index in [9.17, 15) is 4.79 Å². The van der Waals surface area contributed by atoms with E-state index in [1.165, 1.54) is 12.7 Å². The predicted molar refractivity (Wildman–Crippen MR) is 73.2 cm³/mol. The van der Waals surface area contributed by atoms with Gasteiger partial charge in [-0.1, -0.05) is 38.1 Å². The lowest BCUT2D eigenvalue weighted by Crippen LogP contribution is -2.42. The number of nitrogens with zero attached hydrogens (tertiary/aromatic N) is 1. The molecular formula is C15H21NO3. The van der Waals surface area contributed by atoms with Crippen molar-refractivity contribution in [2.75, 3.05) is 26.8 Å². The highest BCUT2D eigenvalue weighted by Crippen LogP contribution is 2.24. The largest absolute Gasteiger partial charge is 0.453 e. The van der Waals surface area contributed by atoms with E-state index < -0.39 is 0 Å². The molecule has 4 nitrogen and oxygen atoms in total. The van der Waals surface area contributed by atoms with Crippen molar-refractivity contribution in [3.8, 4) is 0 Å². The second kappa shape index (κ2) is 6.06. The molecule has 1 atom stereocenters. The predicted octanol–water partition coefficient (Wildman–Crippen LogP) is 2.95. The van der Waals surface area contributed by atoms with Crippen molar-refractivity contribution in [1.82, 2.24) is 4.90 Å². The summed E-state index contributed by atoms with van der Waals surface area (Å²) in [6.07, 6.45) is -0.346. The van der Waals surface area contributed by atoms with E-state index in [0.29, 0.717) is 25.6 Å². The second-order valence-electron chi connectivity index (χ2n) is 5.10. The Balaban J connectivity index is 2.06. The van der Waals surface area contributed by atoms with Crippen molar-refractivity contribution in [2.24, 2.45) is 0 Å². The number of rotatable bonds is 2. The van der Waals surface area contributed by atoms with Gasteiger partial charge in [-0.3, -0.25) is 0 Å². The lowest BCUT2D eigenvalue weighted by Gasteiger charge is -2.32. The molecule has 1 fully saturated rings. The fourth-order valence-corrected chi connectivity index (χ4v) is 2.24. The van der Waals surface area contributed by atoms with Crippen molar-refractivity contribution in [3.05, 3.63) is 35.4 Å². The number of methoxy groups -OCH3 is 1. The first-order valence-corrected chi connectivity index (χ1v) is 6.66. The van der Waals surface area contributed by atoms with Crippen LogP contribution in [-0.2, 0) is 9.47 Å². The number of ether oxygens (including phenoxy) is 2. The van der Waals surface area contributed by atoms with Crippen molar-refractivity contribution in [1.29, 1.82) is 0 Å². The number of carbonyl (C=O) groups is 1. The van der Waals surface area contributed by atoms with E-state index in [1.54, 1.807) is 4.90 Å². The van der Waals surface area contributed by atoms with Crippen LogP contribution in [-0.4, -0.2) is 37.8 Å². The van der Waals surface area contributed by atoms with Crippen LogP contribution in [0.5, 0.6) is 0 Å². The molecule has 104 valence electrons. The van der Waals surface area contributed by atoms with Crippen LogP contribution in [0.3, 0.4) is 0 Å². The van der Waals surface area contributed by atoms with E-state index in [-0.39, 0.29) is 12.2 Å². The molecular weight excluding hydrogens is 242 g/mol. The van der Waals surface area contributed by atoms with Crippen molar-refractivity contribution in [3.63, 3.8) is 0 Å². The molecule has 1 unspecified atom stereocenters. The van der Waals surface area contributed by atoms with Crippen LogP contribution >= 0.6 is 0 Å². The van der Waals surface area contributed by atoms with Crippen molar-refractivity contribution >= 4 is 6.09 Å². The number of benzene rings is 1. The Bertz CT molecular complexity index is 428. The van der Waals surface area contributed by atoms with Crippen LogP contribution in [0.2, 0.25) is 0 Å². The molecule has 1 aromatic carbocycles. The third kappa shape index (κ3) is 3.26. The summed E-state index contributed by atoms with van der Waals surface area (Å²) in [6.45, 7) is 6.03. The fraction of sp³-hybridized carbons (Fsp3) is 0.533. The number of hydrogen-bond donors (Lipinski definition) is 0. The highest BCUT2D eigenvalue weighted by molar-refractivity contribution is 5.67. The SMILES string of the molecule is COC(=O)N1CCOC(c2ccc(C(C)C)cc2)C1. The van der Waals surface area contributed by atoms with Crippen LogP contribution in [0, 0.1) is 0 Å². The molecule has 1 heterocycles. The summed E-state index contributed by atoms with van der Waals surface area (Å²) in [7, 11) is 1.41. The smallest absolute Gasteiger partial charge is 0.409 e. The summed E-state index contributed by atoms with van der Waals surface area (Å²) in [5, 5.41) is 0. The summed E-state index contributed by atoms with van der Waals surface area (Å²) in [4.78, 5) is 13.2. The summed E-state index contributed by atoms with van der Waals surface area (Å²) < 4.78 is 10.5. The van der Waals surface area contributed by atoms with Gasteiger partial charge in [0.05, 0.1) is 20.3 Å². The van der Waals surface area contributed by atoms with Crippen LogP contribution in [0.1, 0.15) is 37.0 Å². The maximum atomic E-state index is 11.5. The van der Waals surface area contributed by atoms with E-state index in [0.717, 1.165) is 5.56 Å². The standard InChI is InChI=1S/C15H21NO3/c1-11(2)12-4-6-13(7-5-12)14-10-16(8-9-19-14)15(17)18-3/h4-7,11,14H,8-10H2,1-3H3. The van der Waals surface area contributed by atoms with Gasteiger partial charge in [0.15, 0.2) is 0 Å². The lowest BCUT2D eigenvalue weighted by molar-refractivity contribution is -0.0258. The quantitative estimate of drug-likeness (QED) is 0.823. The van der Waals surface area contributed by atoms with Gasteiger partial charge in [0.1, 0.15) is 6.10 Å². The molecule has 1 aliphatic heterocycles. The molecule has 0 radical (unpaired) electrons. The molecule has 1 aliphatic rings. The molecule has 19 heavy (non-hydrogen) atoms. The summed E-state index contributed by atoms with van der Waals surface area (Å²) in [5.41, 5.74) is 2.42. The Kier molecular flexibility index (Phi) is 4.43. The Morgan fingerprint density at radius 3 is 2.63 bits per heavy atom. The average Bonchev–Trinajstić information content (AvgIpc) is 2.46. The van der Waals surface area contributed by atoms with Crippen LogP contribution < -0.4 is 0 Å². The maximum Gasteiger partial charge on any atom is 0.409 e. The van der Waals surface area contributed by atoms with Gasteiger partial charge in [0, 0.05) is 6.54 Å². The Hall–Kier alpha value is -1.55. The van der Waals surface area contributed by atoms with Crippen LogP contribution in [0.15, 0.2) is 24.3 Å². The fourth-order valence-electron chi connectivity index (χ4n) is 2.24. The van der Waals surface area contributed by atoms with E-state index in [4.69, 9.17) is 9.47 Å². The lowest BCUT2D eigenvalue weighted by atomic mass is 9.99. The normalized spacial score (nSPS) is 19.6. The Morgan fingerprint density at radius 1 is 1.37 bits per heavy atom. The molecule has 0 spiro atoms. The van der Waals surface area contributed by atoms with Gasteiger partial charge in [-0.15, -0.1) is 0 Å². The van der Waals surface area contributed by atoms with E-state index in [2.05, 4.69) is 38.1 Å². The summed E-state index contributed by atoms with van der Waals surface area (Å²) in [6, 6.07) is 8.42. The summed E-state index contributed by atoms with van der Waals surface area (Å²) >= 11 is 0. The van der Waals surface area contributed by atoms with Gasteiger partial charge in [-0.05, 0) is 17.0 Å². The molecule has 0 N–H and O–H groups in total. The minimum Gasteiger partial charge on any atom is -0.453 e. The Labute approximate surface area is 114 Å². The van der Waals surface area contributed by atoms with Gasteiger partial charge in [0.25, 0.3) is 0 Å². The molecule has 0 saturated carbocycles. The topological polar surface area (TPSA) is 38.8 Å². The van der Waals surface area contributed by atoms with E-state index >= 15 is 0 Å². The van der Waals surface area contributed by atoms with Gasteiger partial charge in [-0.25, -0.2) is 4.79 Å². The minimum atomic E-state index is -0.285. The molecule has 0 aromatic heterocycles. The van der Waals surface area contributed by atoms with Gasteiger partial charge in [-0.2, -0.15) is 0 Å². The highest BCUT2D eigenvalue weighted by Gasteiger charge is 2.25. The monoisotopic (exact) mass is 263 g/mol. The maximum absolute atomic E-state index is 11.5. The van der Waals surface area contributed by atoms with Crippen molar-refractivity contribution < 1.29 is 14.3 Å². The zero-order chi connectivity index (χ0) is 13.8. The molecule has 0 bridgehead atoms. The summed E-state index contributed by atoms with van der Waals surface area (Å²) in [5.74, 6) is 0.521. The third-order valence-electron chi connectivity index (χ3n) is 3.47. The first kappa shape index (κ1) is 13.9. The molecule has 2 rings (SSSR count). The van der Waals surface area contributed by atoms with Crippen molar-refractivity contribution in [2.45, 2.75) is 25.9 Å². The minimum absolute atomic E-state index is 0.0611. The molecule has 1 saturated heterocycles. The Morgan fingerprint density at radius 2 is 2.05 bits per heavy atom. The number of morpholine rings is 1. The van der Waals surface area contributed by atoms with Gasteiger partial charge in [0.2, 0.25) is 0 Å². The second-order valence-corrected chi connectivity index (χ2v) is 5.10. The third-order valence-corrected chi connectivity index (χ3v) is 3.47. The zero-order valence-electron chi connectivity index (χ0n) is 11.8. The van der Waals surface area contributed by atoms with Gasteiger partial charge < -0.3 is 14.4 Å². The highest BCUT2D eigenvalue weighted by atomic mass is 16.5.